The van der Waals surface area contributed by atoms with E-state index in [0.29, 0.717) is 23.5 Å². The highest BCUT2D eigenvalue weighted by atomic mass is 79.9. The summed E-state index contributed by atoms with van der Waals surface area (Å²) in [6.45, 7) is 1.55. The Morgan fingerprint density at radius 2 is 2.10 bits per heavy atom. The van der Waals surface area contributed by atoms with Crippen molar-refractivity contribution in [3.8, 4) is 0 Å². The highest BCUT2D eigenvalue weighted by Gasteiger charge is 2.21. The summed E-state index contributed by atoms with van der Waals surface area (Å²) < 4.78 is 28.5. The molecule has 116 valence electrons. The molecule has 1 aromatic carbocycles. The average molecular weight is 397 g/mol. The van der Waals surface area contributed by atoms with E-state index in [0.717, 1.165) is 6.61 Å². The third kappa shape index (κ3) is 5.58. The summed E-state index contributed by atoms with van der Waals surface area (Å²) in [6.07, 6.45) is 2.44. The topological polar surface area (TPSA) is 72.5 Å². The summed E-state index contributed by atoms with van der Waals surface area (Å²) in [6, 6.07) is 4.12. The van der Waals surface area contributed by atoms with Crippen molar-refractivity contribution in [1.82, 2.24) is 5.32 Å². The molecule has 1 fully saturated rings. The molecule has 1 saturated carbocycles. The molecular formula is C13H15BrClNO4S. The van der Waals surface area contributed by atoms with Crippen LogP contribution in [0.5, 0.6) is 0 Å². The lowest BCUT2D eigenvalue weighted by Gasteiger charge is -2.07. The van der Waals surface area contributed by atoms with Crippen LogP contribution in [0.3, 0.4) is 0 Å². The summed E-state index contributed by atoms with van der Waals surface area (Å²) >= 11 is 3.16. The molecular weight excluding hydrogens is 382 g/mol. The second-order valence-electron chi connectivity index (χ2n) is 4.89. The van der Waals surface area contributed by atoms with E-state index in [1.54, 1.807) is 0 Å². The zero-order chi connectivity index (χ0) is 15.5. The fourth-order valence-electron chi connectivity index (χ4n) is 1.71. The number of hydrogen-bond donors (Lipinski definition) is 1. The number of nitrogens with one attached hydrogen (secondary N) is 1. The third-order valence-electron chi connectivity index (χ3n) is 3.00. The van der Waals surface area contributed by atoms with Crippen LogP contribution < -0.4 is 5.32 Å². The molecule has 1 aliphatic carbocycles. The van der Waals surface area contributed by atoms with Crippen LogP contribution in [0, 0.1) is 5.92 Å². The fraction of sp³-hybridized carbons (Fsp3) is 0.462. The number of hydrogen-bond acceptors (Lipinski definition) is 4. The number of rotatable bonds is 7. The largest absolute Gasteiger partial charge is 0.379 e. The molecule has 0 spiro atoms. The lowest BCUT2D eigenvalue weighted by molar-refractivity contribution is 0.0906. The minimum Gasteiger partial charge on any atom is -0.379 e. The van der Waals surface area contributed by atoms with Gasteiger partial charge in [0.25, 0.3) is 15.0 Å². The summed E-state index contributed by atoms with van der Waals surface area (Å²) in [5.74, 6) is 0.315. The lowest BCUT2D eigenvalue weighted by Crippen LogP contribution is -2.27. The highest BCUT2D eigenvalue weighted by molar-refractivity contribution is 9.10. The monoisotopic (exact) mass is 395 g/mol. The fourth-order valence-corrected chi connectivity index (χ4v) is 3.16. The number of carbonyl (C=O) groups excluding carboxylic acids is 1. The quantitative estimate of drug-likeness (QED) is 0.568. The molecule has 8 heteroatoms. The van der Waals surface area contributed by atoms with Gasteiger partial charge in [-0.2, -0.15) is 0 Å². The molecule has 0 atom stereocenters. The molecule has 21 heavy (non-hydrogen) atoms. The Balaban J connectivity index is 1.90. The van der Waals surface area contributed by atoms with Gasteiger partial charge in [-0.05, 0) is 37.0 Å². The number of carbonyl (C=O) groups is 1. The molecule has 1 amide bonds. The van der Waals surface area contributed by atoms with Crippen molar-refractivity contribution in [3.63, 3.8) is 0 Å². The molecule has 1 aromatic rings. The second kappa shape index (κ2) is 7.09. The van der Waals surface area contributed by atoms with Crippen LogP contribution in [0.25, 0.3) is 0 Å². The van der Waals surface area contributed by atoms with Crippen LogP contribution >= 0.6 is 26.6 Å². The molecule has 0 heterocycles. The van der Waals surface area contributed by atoms with Gasteiger partial charge in [-0.1, -0.05) is 15.9 Å². The van der Waals surface area contributed by atoms with Gasteiger partial charge in [-0.3, -0.25) is 4.79 Å². The number of halogens is 2. The first-order valence-electron chi connectivity index (χ1n) is 6.47. The van der Waals surface area contributed by atoms with E-state index < -0.39 is 9.05 Å². The van der Waals surface area contributed by atoms with Gasteiger partial charge in [0, 0.05) is 33.9 Å². The van der Waals surface area contributed by atoms with Gasteiger partial charge in [0.15, 0.2) is 0 Å². The van der Waals surface area contributed by atoms with Crippen molar-refractivity contribution < 1.29 is 17.9 Å². The summed E-state index contributed by atoms with van der Waals surface area (Å²) in [5, 5.41) is 2.68. The van der Waals surface area contributed by atoms with Crippen molar-refractivity contribution in [2.45, 2.75) is 17.7 Å². The highest BCUT2D eigenvalue weighted by Crippen LogP contribution is 2.28. The minimum absolute atomic E-state index is 0.117. The number of amides is 1. The third-order valence-corrected chi connectivity index (χ3v) is 4.79. The van der Waals surface area contributed by atoms with Crippen molar-refractivity contribution in [1.29, 1.82) is 0 Å². The van der Waals surface area contributed by atoms with Crippen LogP contribution in [-0.2, 0) is 13.8 Å². The Morgan fingerprint density at radius 3 is 2.71 bits per heavy atom. The lowest BCUT2D eigenvalue weighted by atomic mass is 10.2. The van der Waals surface area contributed by atoms with Crippen molar-refractivity contribution >= 4 is 41.6 Å². The Kier molecular flexibility index (Phi) is 5.65. The van der Waals surface area contributed by atoms with Crippen LogP contribution in [0.4, 0.5) is 0 Å². The van der Waals surface area contributed by atoms with E-state index in [1.807, 2.05) is 0 Å². The summed E-state index contributed by atoms with van der Waals surface area (Å²) in [7, 11) is 1.41. The maximum Gasteiger partial charge on any atom is 0.261 e. The number of benzene rings is 1. The first kappa shape index (κ1) is 16.7. The van der Waals surface area contributed by atoms with E-state index >= 15 is 0 Å². The Morgan fingerprint density at radius 1 is 1.38 bits per heavy atom. The molecule has 1 N–H and O–H groups in total. The van der Waals surface area contributed by atoms with E-state index in [2.05, 4.69) is 21.2 Å². The molecule has 0 saturated heterocycles. The van der Waals surface area contributed by atoms with Crippen LogP contribution in [0.15, 0.2) is 27.6 Å². The second-order valence-corrected chi connectivity index (χ2v) is 8.37. The maximum absolute atomic E-state index is 12.0. The van der Waals surface area contributed by atoms with E-state index in [1.165, 1.54) is 31.0 Å². The Hall–Kier alpha value is -0.630. The molecule has 0 unspecified atom stereocenters. The maximum atomic E-state index is 12.0. The van der Waals surface area contributed by atoms with Crippen LogP contribution in [-0.4, -0.2) is 34.1 Å². The van der Waals surface area contributed by atoms with E-state index in [4.69, 9.17) is 15.4 Å². The Labute approximate surface area is 136 Å². The zero-order valence-corrected chi connectivity index (χ0v) is 14.3. The molecule has 2 rings (SSSR count). The van der Waals surface area contributed by atoms with Gasteiger partial charge in [0.2, 0.25) is 0 Å². The normalized spacial score (nSPS) is 15.0. The molecule has 0 aromatic heterocycles. The average Bonchev–Trinajstić information content (AvgIpc) is 3.20. The zero-order valence-electron chi connectivity index (χ0n) is 11.1. The van der Waals surface area contributed by atoms with Crippen molar-refractivity contribution in [2.24, 2.45) is 5.92 Å². The molecule has 0 bridgehead atoms. The van der Waals surface area contributed by atoms with E-state index in [-0.39, 0.29) is 16.4 Å². The summed E-state index contributed by atoms with van der Waals surface area (Å²) in [5.41, 5.74) is 0.228. The molecule has 5 nitrogen and oxygen atoms in total. The predicted molar refractivity (Wildman–Crippen MR) is 83.1 cm³/mol. The molecule has 0 radical (unpaired) electrons. The van der Waals surface area contributed by atoms with Gasteiger partial charge >= 0.3 is 0 Å². The smallest absolute Gasteiger partial charge is 0.261 e. The SMILES string of the molecule is O=C(NCCOCC1CC1)c1cc(Br)cc(S(=O)(=O)Cl)c1. The van der Waals surface area contributed by atoms with Gasteiger partial charge in [0.1, 0.15) is 0 Å². The van der Waals surface area contributed by atoms with E-state index in [9.17, 15) is 13.2 Å². The van der Waals surface area contributed by atoms with Gasteiger partial charge in [-0.25, -0.2) is 8.42 Å². The Bertz CT molecular complexity index is 631. The minimum atomic E-state index is -3.88. The van der Waals surface area contributed by atoms with Crippen LogP contribution in [0.2, 0.25) is 0 Å². The molecule has 0 aliphatic heterocycles. The van der Waals surface area contributed by atoms with Crippen molar-refractivity contribution in [3.05, 3.63) is 28.2 Å². The van der Waals surface area contributed by atoms with Crippen molar-refractivity contribution in [2.75, 3.05) is 19.8 Å². The van der Waals surface area contributed by atoms with Gasteiger partial charge < -0.3 is 10.1 Å². The van der Waals surface area contributed by atoms with Crippen LogP contribution in [0.1, 0.15) is 23.2 Å². The van der Waals surface area contributed by atoms with Gasteiger partial charge in [0.05, 0.1) is 11.5 Å². The standard InChI is InChI=1S/C13H15BrClNO4S/c14-11-5-10(6-12(7-11)21(15,18)19)13(17)16-3-4-20-8-9-1-2-9/h5-7,9H,1-4,8H2,(H,16,17). The first-order chi connectivity index (χ1) is 9.86. The first-order valence-corrected chi connectivity index (χ1v) is 9.57. The van der Waals surface area contributed by atoms with Gasteiger partial charge in [-0.15, -0.1) is 0 Å². The molecule has 1 aliphatic rings. The predicted octanol–water partition coefficient (Wildman–Crippen LogP) is 2.53. The number of ether oxygens (including phenoxy) is 1. The summed E-state index contributed by atoms with van der Waals surface area (Å²) in [4.78, 5) is 11.8.